The Labute approximate surface area is 115 Å². The molecule has 0 radical (unpaired) electrons. The summed E-state index contributed by atoms with van der Waals surface area (Å²) in [7, 11) is 1.66. The molecule has 1 heterocycles. The number of amides is 1. The zero-order valence-electron chi connectivity index (χ0n) is 12.1. The Morgan fingerprint density at radius 3 is 2.68 bits per heavy atom. The molecule has 110 valence electrons. The van der Waals surface area contributed by atoms with Crippen LogP contribution in [0.3, 0.4) is 0 Å². The molecule has 5 heteroatoms. The van der Waals surface area contributed by atoms with Crippen LogP contribution in [0.4, 0.5) is 0 Å². The summed E-state index contributed by atoms with van der Waals surface area (Å²) in [5, 5.41) is 3.56. The summed E-state index contributed by atoms with van der Waals surface area (Å²) in [6.45, 7) is 4.58. The van der Waals surface area contributed by atoms with E-state index in [0.29, 0.717) is 26.4 Å². The Morgan fingerprint density at radius 2 is 2.05 bits per heavy atom. The lowest BCUT2D eigenvalue weighted by atomic mass is 9.98. The molecule has 0 aromatic heterocycles. The summed E-state index contributed by atoms with van der Waals surface area (Å²) in [4.78, 5) is 14.6. The van der Waals surface area contributed by atoms with Gasteiger partial charge in [0.2, 0.25) is 5.91 Å². The first kappa shape index (κ1) is 14.8. The van der Waals surface area contributed by atoms with Gasteiger partial charge in [-0.15, -0.1) is 0 Å². The number of nitrogens with zero attached hydrogens (tertiary/aromatic N) is 1. The predicted octanol–water partition coefficient (Wildman–Crippen LogP) is 1.13. The van der Waals surface area contributed by atoms with Gasteiger partial charge in [-0.1, -0.05) is 19.8 Å². The fourth-order valence-corrected chi connectivity index (χ4v) is 3.20. The van der Waals surface area contributed by atoms with Gasteiger partial charge >= 0.3 is 0 Å². The second-order valence-corrected chi connectivity index (χ2v) is 5.46. The van der Waals surface area contributed by atoms with E-state index < -0.39 is 0 Å². The third kappa shape index (κ3) is 3.09. The molecular weight excluding hydrogens is 244 g/mol. The standard InChI is InChI=1S/C14H26N2O3/c1-3-12-15-14(6-4-5-7-14)13(17)16(12)8-9-19-11-10-18-2/h12,15H,3-11H2,1-2H3. The average molecular weight is 270 g/mol. The van der Waals surface area contributed by atoms with Gasteiger partial charge in [-0.3, -0.25) is 10.1 Å². The summed E-state index contributed by atoms with van der Waals surface area (Å²) in [5.41, 5.74) is -0.257. The Bertz CT molecular complexity index is 303. The van der Waals surface area contributed by atoms with E-state index in [1.807, 2.05) is 4.90 Å². The first-order valence-corrected chi connectivity index (χ1v) is 7.39. The Kier molecular flexibility index (Phi) is 5.19. The Balaban J connectivity index is 1.85. The lowest BCUT2D eigenvalue weighted by Crippen LogP contribution is -2.44. The van der Waals surface area contributed by atoms with Crippen LogP contribution in [0.15, 0.2) is 0 Å². The highest BCUT2D eigenvalue weighted by atomic mass is 16.5. The molecule has 1 spiro atoms. The molecule has 1 saturated heterocycles. The average Bonchev–Trinajstić information content (AvgIpc) is 2.99. The molecule has 2 fully saturated rings. The molecule has 1 saturated carbocycles. The fraction of sp³-hybridized carbons (Fsp3) is 0.929. The number of methoxy groups -OCH3 is 1. The van der Waals surface area contributed by atoms with E-state index in [-0.39, 0.29) is 17.6 Å². The van der Waals surface area contributed by atoms with Crippen molar-refractivity contribution in [2.24, 2.45) is 0 Å². The van der Waals surface area contributed by atoms with E-state index >= 15 is 0 Å². The molecule has 1 N–H and O–H groups in total. The zero-order chi connectivity index (χ0) is 13.7. The maximum atomic E-state index is 12.6. The van der Waals surface area contributed by atoms with Gasteiger partial charge in [-0.05, 0) is 19.3 Å². The summed E-state index contributed by atoms with van der Waals surface area (Å²) >= 11 is 0. The number of hydrogen-bond donors (Lipinski definition) is 1. The van der Waals surface area contributed by atoms with Gasteiger partial charge in [0.05, 0.1) is 31.5 Å². The van der Waals surface area contributed by atoms with Gasteiger partial charge in [0.1, 0.15) is 0 Å². The third-order valence-corrected chi connectivity index (χ3v) is 4.24. The molecule has 2 rings (SSSR count). The molecule has 2 aliphatic rings. The topological polar surface area (TPSA) is 50.8 Å². The predicted molar refractivity (Wildman–Crippen MR) is 72.8 cm³/mol. The molecule has 1 atom stereocenters. The highest BCUT2D eigenvalue weighted by Gasteiger charge is 2.51. The molecule has 1 amide bonds. The van der Waals surface area contributed by atoms with Crippen LogP contribution in [0.2, 0.25) is 0 Å². The van der Waals surface area contributed by atoms with Crippen LogP contribution in [0.1, 0.15) is 39.0 Å². The highest BCUT2D eigenvalue weighted by molar-refractivity contribution is 5.89. The van der Waals surface area contributed by atoms with Crippen LogP contribution < -0.4 is 5.32 Å². The number of ether oxygens (including phenoxy) is 2. The van der Waals surface area contributed by atoms with Crippen LogP contribution in [-0.4, -0.2) is 56.0 Å². The number of nitrogens with one attached hydrogen (secondary N) is 1. The zero-order valence-corrected chi connectivity index (χ0v) is 12.1. The minimum Gasteiger partial charge on any atom is -0.382 e. The van der Waals surface area contributed by atoms with E-state index in [0.717, 1.165) is 32.1 Å². The van der Waals surface area contributed by atoms with Crippen LogP contribution in [0.25, 0.3) is 0 Å². The summed E-state index contributed by atoms with van der Waals surface area (Å²) in [5.74, 6) is 0.284. The van der Waals surface area contributed by atoms with Gasteiger partial charge in [-0.25, -0.2) is 0 Å². The van der Waals surface area contributed by atoms with Crippen LogP contribution in [0.5, 0.6) is 0 Å². The van der Waals surface area contributed by atoms with Crippen molar-refractivity contribution in [3.8, 4) is 0 Å². The molecule has 1 aliphatic heterocycles. The van der Waals surface area contributed by atoms with Gasteiger partial charge in [0.25, 0.3) is 0 Å². The van der Waals surface area contributed by atoms with Crippen molar-refractivity contribution < 1.29 is 14.3 Å². The SMILES string of the molecule is CCC1NC2(CCCC2)C(=O)N1CCOCCOC. The van der Waals surface area contributed by atoms with Gasteiger partial charge in [-0.2, -0.15) is 0 Å². The molecule has 1 unspecified atom stereocenters. The van der Waals surface area contributed by atoms with Crippen molar-refractivity contribution in [2.45, 2.75) is 50.7 Å². The lowest BCUT2D eigenvalue weighted by Gasteiger charge is -2.23. The van der Waals surface area contributed by atoms with E-state index in [1.165, 1.54) is 0 Å². The number of carbonyl (C=O) groups excluding carboxylic acids is 1. The van der Waals surface area contributed by atoms with Crippen molar-refractivity contribution in [1.82, 2.24) is 10.2 Å². The van der Waals surface area contributed by atoms with Crippen LogP contribution in [0, 0.1) is 0 Å². The van der Waals surface area contributed by atoms with Crippen molar-refractivity contribution in [2.75, 3.05) is 33.5 Å². The minimum absolute atomic E-state index is 0.177. The smallest absolute Gasteiger partial charge is 0.244 e. The van der Waals surface area contributed by atoms with E-state index in [4.69, 9.17) is 9.47 Å². The van der Waals surface area contributed by atoms with Gasteiger partial charge in [0, 0.05) is 13.7 Å². The Hall–Kier alpha value is -0.650. The van der Waals surface area contributed by atoms with E-state index in [1.54, 1.807) is 7.11 Å². The number of hydrogen-bond acceptors (Lipinski definition) is 4. The lowest BCUT2D eigenvalue weighted by molar-refractivity contribution is -0.134. The first-order chi connectivity index (χ1) is 9.23. The van der Waals surface area contributed by atoms with Crippen molar-refractivity contribution in [3.63, 3.8) is 0 Å². The number of rotatable bonds is 7. The largest absolute Gasteiger partial charge is 0.382 e. The molecule has 5 nitrogen and oxygen atoms in total. The Morgan fingerprint density at radius 1 is 1.32 bits per heavy atom. The highest BCUT2D eigenvalue weighted by Crippen LogP contribution is 2.36. The van der Waals surface area contributed by atoms with E-state index in [9.17, 15) is 4.79 Å². The quantitative estimate of drug-likeness (QED) is 0.705. The molecule has 0 aromatic rings. The fourth-order valence-electron chi connectivity index (χ4n) is 3.20. The minimum atomic E-state index is -0.257. The molecule has 0 aromatic carbocycles. The second-order valence-electron chi connectivity index (χ2n) is 5.46. The van der Waals surface area contributed by atoms with Crippen LogP contribution in [-0.2, 0) is 14.3 Å². The van der Waals surface area contributed by atoms with E-state index in [2.05, 4.69) is 12.2 Å². The van der Waals surface area contributed by atoms with Crippen molar-refractivity contribution in [3.05, 3.63) is 0 Å². The monoisotopic (exact) mass is 270 g/mol. The molecule has 1 aliphatic carbocycles. The molecule has 0 bridgehead atoms. The van der Waals surface area contributed by atoms with Gasteiger partial charge in [0.15, 0.2) is 0 Å². The normalized spacial score (nSPS) is 25.7. The number of carbonyl (C=O) groups is 1. The van der Waals surface area contributed by atoms with Gasteiger partial charge < -0.3 is 14.4 Å². The second kappa shape index (κ2) is 6.68. The van der Waals surface area contributed by atoms with Crippen molar-refractivity contribution in [1.29, 1.82) is 0 Å². The third-order valence-electron chi connectivity index (χ3n) is 4.24. The van der Waals surface area contributed by atoms with Crippen LogP contribution >= 0.6 is 0 Å². The maximum absolute atomic E-state index is 12.6. The summed E-state index contributed by atoms with van der Waals surface area (Å²) < 4.78 is 10.4. The maximum Gasteiger partial charge on any atom is 0.244 e. The summed E-state index contributed by atoms with van der Waals surface area (Å²) in [6, 6.07) is 0. The molecular formula is C14H26N2O3. The molecule has 19 heavy (non-hydrogen) atoms. The first-order valence-electron chi connectivity index (χ1n) is 7.39. The van der Waals surface area contributed by atoms with Crippen molar-refractivity contribution >= 4 is 5.91 Å². The summed E-state index contributed by atoms with van der Waals surface area (Å²) in [6.07, 6.45) is 5.43.